The molecule has 2 fully saturated rings. The summed E-state index contributed by atoms with van der Waals surface area (Å²) < 4.78 is 17.6. The van der Waals surface area contributed by atoms with E-state index < -0.39 is 47.5 Å². The number of halogens is 2. The summed E-state index contributed by atoms with van der Waals surface area (Å²) in [6.07, 6.45) is -4.98. The minimum absolute atomic E-state index is 0.187. The van der Waals surface area contributed by atoms with Crippen LogP contribution in [0.2, 0.25) is 0 Å². The fraction of sp³-hybridized carbons (Fsp3) is 0.800. The Bertz CT molecular complexity index is 512. The Morgan fingerprint density at radius 2 is 2.38 bits per heavy atom. The van der Waals surface area contributed by atoms with Crippen molar-refractivity contribution in [2.24, 2.45) is 5.11 Å². The highest BCUT2D eigenvalue weighted by Gasteiger charge is 2.53. The molecule has 2 rings (SSSR count). The summed E-state index contributed by atoms with van der Waals surface area (Å²) in [7, 11) is 0. The number of alkyl halides is 2. The third-order valence-electron chi connectivity index (χ3n) is 3.46. The molecule has 2 heterocycles. The molecule has 2 aliphatic rings. The number of nitrogens with one attached hydrogen (secondary N) is 1. The number of aliphatic hydroxyl groups excluding tert-OH is 1. The van der Waals surface area contributed by atoms with Gasteiger partial charge in [0.25, 0.3) is 0 Å². The van der Waals surface area contributed by atoms with Crippen LogP contribution in [-0.4, -0.2) is 57.5 Å². The van der Waals surface area contributed by atoms with Gasteiger partial charge in [-0.2, -0.15) is 0 Å². The fourth-order valence-corrected chi connectivity index (χ4v) is 2.71. The first-order valence-electron chi connectivity index (χ1n) is 6.10. The predicted molar refractivity (Wildman–Crippen MR) is 70.9 cm³/mol. The summed E-state index contributed by atoms with van der Waals surface area (Å²) >= 11 is 3.12. The second-order valence-electron chi connectivity index (χ2n) is 4.88. The Morgan fingerprint density at radius 1 is 1.71 bits per heavy atom. The third-order valence-corrected chi connectivity index (χ3v) is 4.23. The van der Waals surface area contributed by atoms with Crippen LogP contribution in [0.4, 0.5) is 9.18 Å². The van der Waals surface area contributed by atoms with E-state index in [9.17, 15) is 14.0 Å². The molecule has 3 amide bonds. The van der Waals surface area contributed by atoms with Crippen molar-refractivity contribution in [1.29, 1.82) is 0 Å². The van der Waals surface area contributed by atoms with Crippen molar-refractivity contribution in [2.75, 3.05) is 6.61 Å². The van der Waals surface area contributed by atoms with Crippen molar-refractivity contribution in [3.8, 4) is 0 Å². The van der Waals surface area contributed by atoms with E-state index in [0.717, 1.165) is 4.90 Å². The molecule has 9 nitrogen and oxygen atoms in total. The molecule has 0 saturated carbocycles. The van der Waals surface area contributed by atoms with Gasteiger partial charge in [0.2, 0.25) is 5.91 Å². The molecule has 2 aliphatic heterocycles. The van der Waals surface area contributed by atoms with Crippen LogP contribution in [-0.2, 0) is 9.53 Å². The van der Waals surface area contributed by atoms with Crippen LogP contribution >= 0.6 is 15.9 Å². The van der Waals surface area contributed by atoms with Crippen LogP contribution in [0.5, 0.6) is 0 Å². The summed E-state index contributed by atoms with van der Waals surface area (Å²) in [5, 5.41) is 14.5. The first-order valence-corrected chi connectivity index (χ1v) is 6.89. The van der Waals surface area contributed by atoms with E-state index in [-0.39, 0.29) is 6.42 Å². The number of carbonyl (C=O) groups is 2. The van der Waals surface area contributed by atoms with Gasteiger partial charge in [0.15, 0.2) is 0 Å². The minimum Gasteiger partial charge on any atom is -0.394 e. The van der Waals surface area contributed by atoms with Crippen LogP contribution in [0.25, 0.3) is 10.4 Å². The van der Waals surface area contributed by atoms with E-state index >= 15 is 0 Å². The summed E-state index contributed by atoms with van der Waals surface area (Å²) in [6, 6.07) is -0.842. The van der Waals surface area contributed by atoms with Crippen LogP contribution in [0.1, 0.15) is 13.3 Å². The number of imide groups is 1. The molecule has 0 aliphatic carbocycles. The molecule has 0 radical (unpaired) electrons. The molecule has 116 valence electrons. The molecule has 2 saturated heterocycles. The van der Waals surface area contributed by atoms with Crippen molar-refractivity contribution in [2.45, 2.75) is 42.3 Å². The number of hydrogen-bond donors (Lipinski definition) is 2. The van der Waals surface area contributed by atoms with Crippen LogP contribution < -0.4 is 5.32 Å². The highest BCUT2D eigenvalue weighted by molar-refractivity contribution is 9.10. The average molecular weight is 366 g/mol. The number of azide groups is 1. The van der Waals surface area contributed by atoms with E-state index in [0.29, 0.717) is 0 Å². The van der Waals surface area contributed by atoms with Crippen LogP contribution in [0.15, 0.2) is 5.11 Å². The highest BCUT2D eigenvalue weighted by atomic mass is 79.9. The Kier molecular flexibility index (Phi) is 4.38. The summed E-state index contributed by atoms with van der Waals surface area (Å²) in [5.41, 5.74) is 8.65. The van der Waals surface area contributed by atoms with E-state index in [4.69, 9.17) is 15.4 Å². The zero-order chi connectivity index (χ0) is 15.8. The molecule has 0 aromatic carbocycles. The predicted octanol–water partition coefficient (Wildman–Crippen LogP) is 0.774. The second-order valence-corrected chi connectivity index (χ2v) is 6.53. The zero-order valence-corrected chi connectivity index (χ0v) is 12.5. The number of aliphatic hydroxyl groups is 1. The van der Waals surface area contributed by atoms with Crippen molar-refractivity contribution in [3.63, 3.8) is 0 Å². The Morgan fingerprint density at radius 3 is 2.90 bits per heavy atom. The Hall–Kier alpha value is -1.42. The number of amides is 3. The topological polar surface area (TPSA) is 128 Å². The lowest BCUT2D eigenvalue weighted by atomic mass is 10.0. The van der Waals surface area contributed by atoms with Gasteiger partial charge in [0.1, 0.15) is 29.0 Å². The average Bonchev–Trinajstić information content (AvgIpc) is 2.77. The summed E-state index contributed by atoms with van der Waals surface area (Å²) in [6.45, 7) is 0.885. The smallest absolute Gasteiger partial charge is 0.326 e. The summed E-state index contributed by atoms with van der Waals surface area (Å²) in [4.78, 5) is 27.4. The van der Waals surface area contributed by atoms with E-state index in [1.807, 2.05) is 0 Å². The second kappa shape index (κ2) is 5.76. The first kappa shape index (κ1) is 16.0. The van der Waals surface area contributed by atoms with Gasteiger partial charge in [-0.1, -0.05) is 21.0 Å². The maximum Gasteiger partial charge on any atom is 0.326 e. The molecule has 0 unspecified atom stereocenters. The Labute approximate surface area is 127 Å². The van der Waals surface area contributed by atoms with Gasteiger partial charge in [-0.15, -0.1) is 0 Å². The summed E-state index contributed by atoms with van der Waals surface area (Å²) in [5.74, 6) is -0.672. The highest BCUT2D eigenvalue weighted by Crippen LogP contribution is 2.36. The number of nitrogens with zero attached hydrogens (tertiary/aromatic N) is 4. The lowest BCUT2D eigenvalue weighted by Crippen LogP contribution is -2.67. The fourth-order valence-electron chi connectivity index (χ4n) is 2.30. The third kappa shape index (κ3) is 2.69. The monoisotopic (exact) mass is 365 g/mol. The van der Waals surface area contributed by atoms with Crippen LogP contribution in [0, 0.1) is 0 Å². The van der Waals surface area contributed by atoms with Crippen molar-refractivity contribution in [3.05, 3.63) is 10.4 Å². The van der Waals surface area contributed by atoms with Crippen molar-refractivity contribution >= 4 is 27.9 Å². The molecule has 0 aromatic rings. The van der Waals surface area contributed by atoms with E-state index in [2.05, 4.69) is 31.3 Å². The molecular weight excluding hydrogens is 353 g/mol. The van der Waals surface area contributed by atoms with Gasteiger partial charge >= 0.3 is 6.03 Å². The Balaban J connectivity index is 2.33. The van der Waals surface area contributed by atoms with Gasteiger partial charge in [0, 0.05) is 11.3 Å². The molecule has 5 atom stereocenters. The molecule has 11 heteroatoms. The molecule has 0 spiro atoms. The number of carbonyl (C=O) groups excluding carboxylic acids is 2. The lowest BCUT2D eigenvalue weighted by Gasteiger charge is -2.43. The van der Waals surface area contributed by atoms with Gasteiger partial charge < -0.3 is 9.84 Å². The zero-order valence-electron chi connectivity index (χ0n) is 10.9. The standard InChI is InChI=1S/C10H13BrFN5O4/c1-10(11)7(15-16-13)17(9(20)14-8(10)19)6-2-4(12)5(3-18)21-6/h4-7,18H,2-3H2,1H3,(H,14,19,20)/t4-,5+,6+,7+,10+/m0/s1. The minimum atomic E-state index is -1.46. The van der Waals surface area contributed by atoms with Crippen molar-refractivity contribution in [1.82, 2.24) is 10.2 Å². The molecule has 2 N–H and O–H groups in total. The maximum atomic E-state index is 13.7. The molecule has 21 heavy (non-hydrogen) atoms. The van der Waals surface area contributed by atoms with Gasteiger partial charge in [0.05, 0.1) is 6.61 Å². The molecule has 0 bridgehead atoms. The largest absolute Gasteiger partial charge is 0.394 e. The van der Waals surface area contributed by atoms with Crippen molar-refractivity contribution < 1.29 is 23.8 Å². The van der Waals surface area contributed by atoms with Gasteiger partial charge in [-0.3, -0.25) is 15.0 Å². The van der Waals surface area contributed by atoms with Gasteiger partial charge in [-0.25, -0.2) is 9.18 Å². The van der Waals surface area contributed by atoms with Gasteiger partial charge in [-0.05, 0) is 12.5 Å². The SMILES string of the molecule is C[C@]1(Br)C(=O)NC(=O)N([C@H]2C[C@H](F)[C@@H](CO)O2)[C@H]1N=[N+]=[N-]. The molecule has 0 aromatic heterocycles. The van der Waals surface area contributed by atoms with E-state index in [1.165, 1.54) is 6.92 Å². The quantitative estimate of drug-likeness (QED) is 0.331. The van der Waals surface area contributed by atoms with Crippen LogP contribution in [0.3, 0.4) is 0 Å². The number of ether oxygens (including phenoxy) is 1. The number of hydrogen-bond acceptors (Lipinski definition) is 5. The van der Waals surface area contributed by atoms with E-state index in [1.54, 1.807) is 0 Å². The maximum absolute atomic E-state index is 13.7. The first-order chi connectivity index (χ1) is 9.82. The number of rotatable bonds is 3. The molecular formula is C10H13BrFN5O4. The normalized spacial score (nSPS) is 39.9. The lowest BCUT2D eigenvalue weighted by molar-refractivity contribution is -0.129. The number of urea groups is 1.